The molecule has 3 rings (SSSR count). The van der Waals surface area contributed by atoms with Gasteiger partial charge in [-0.25, -0.2) is 8.78 Å². The van der Waals surface area contributed by atoms with Crippen molar-refractivity contribution in [2.75, 3.05) is 13.1 Å². The summed E-state index contributed by atoms with van der Waals surface area (Å²) in [5.74, 6) is -0.247. The summed E-state index contributed by atoms with van der Waals surface area (Å²) in [4.78, 5) is 2.53. The summed E-state index contributed by atoms with van der Waals surface area (Å²) in [6.07, 6.45) is 0.936. The van der Waals surface area contributed by atoms with E-state index in [2.05, 4.69) is 61.2 Å². The zero-order chi connectivity index (χ0) is 21.9. The first-order valence-electron chi connectivity index (χ1n) is 10.9. The third kappa shape index (κ3) is 7.22. The second-order valence-corrected chi connectivity index (χ2v) is 8.24. The van der Waals surface area contributed by atoms with Crippen molar-refractivity contribution in [3.63, 3.8) is 0 Å². The zero-order valence-electron chi connectivity index (χ0n) is 18.4. The van der Waals surface area contributed by atoms with Crippen molar-refractivity contribution in [1.82, 2.24) is 4.90 Å². The van der Waals surface area contributed by atoms with Gasteiger partial charge in [0.25, 0.3) is 0 Å². The van der Waals surface area contributed by atoms with E-state index in [9.17, 15) is 8.78 Å². The Morgan fingerprint density at radius 2 is 1.57 bits per heavy atom. The molecule has 1 saturated carbocycles. The SMILES string of the molecule is CC#N.CC(C)N(CCCc1ccc(C2CC(F)C2F)cc1)CCc1ccccc1. The standard InChI is InChI=1S/C24H31F2N.C2H3N/c1-18(2)27(16-14-19-7-4-3-5-8-19)15-6-9-20-10-12-21(13-11-20)22-17-23(25)24(22)26;1-2-3/h3-5,7-8,10-13,18,22-24H,6,9,14-17H2,1-2H3;1H3. The van der Waals surface area contributed by atoms with Crippen LogP contribution in [0.25, 0.3) is 0 Å². The lowest BCUT2D eigenvalue weighted by atomic mass is 9.76. The summed E-state index contributed by atoms with van der Waals surface area (Å²) in [6, 6.07) is 21.0. The van der Waals surface area contributed by atoms with Gasteiger partial charge in [0, 0.05) is 25.4 Å². The number of hydrogen-bond acceptors (Lipinski definition) is 2. The molecule has 1 aliphatic carbocycles. The van der Waals surface area contributed by atoms with Gasteiger partial charge in [-0.05, 0) is 62.8 Å². The van der Waals surface area contributed by atoms with Crippen molar-refractivity contribution >= 4 is 0 Å². The second-order valence-electron chi connectivity index (χ2n) is 8.24. The molecule has 0 amide bonds. The highest BCUT2D eigenvalue weighted by Gasteiger charge is 2.42. The van der Waals surface area contributed by atoms with Crippen LogP contribution in [-0.4, -0.2) is 36.4 Å². The normalized spacial score (nSPS) is 20.3. The molecule has 0 heterocycles. The zero-order valence-corrected chi connectivity index (χ0v) is 18.4. The first-order valence-corrected chi connectivity index (χ1v) is 10.9. The maximum atomic E-state index is 13.5. The minimum Gasteiger partial charge on any atom is -0.301 e. The highest BCUT2D eigenvalue weighted by atomic mass is 19.2. The maximum Gasteiger partial charge on any atom is 0.138 e. The van der Waals surface area contributed by atoms with E-state index in [1.54, 1.807) is 6.07 Å². The molecule has 2 nitrogen and oxygen atoms in total. The molecule has 0 spiro atoms. The van der Waals surface area contributed by atoms with Crippen molar-refractivity contribution in [3.05, 3.63) is 71.3 Å². The molecule has 162 valence electrons. The van der Waals surface area contributed by atoms with E-state index in [0.717, 1.165) is 37.9 Å². The van der Waals surface area contributed by atoms with E-state index in [1.165, 1.54) is 18.1 Å². The third-order valence-corrected chi connectivity index (χ3v) is 5.79. The number of benzene rings is 2. The van der Waals surface area contributed by atoms with Crippen LogP contribution in [0.5, 0.6) is 0 Å². The number of hydrogen-bond donors (Lipinski definition) is 0. The van der Waals surface area contributed by atoms with E-state index >= 15 is 0 Å². The number of nitriles is 1. The quantitative estimate of drug-likeness (QED) is 0.486. The van der Waals surface area contributed by atoms with Crippen LogP contribution in [0.1, 0.15) is 56.2 Å². The summed E-state index contributed by atoms with van der Waals surface area (Å²) in [7, 11) is 0. The fourth-order valence-electron chi connectivity index (χ4n) is 3.84. The van der Waals surface area contributed by atoms with Crippen molar-refractivity contribution in [3.8, 4) is 6.07 Å². The molecule has 0 N–H and O–H groups in total. The van der Waals surface area contributed by atoms with E-state index in [0.29, 0.717) is 12.5 Å². The third-order valence-electron chi connectivity index (χ3n) is 5.79. The number of nitrogens with zero attached hydrogens (tertiary/aromatic N) is 2. The Kier molecular flexibility index (Phi) is 9.97. The Labute approximate surface area is 180 Å². The van der Waals surface area contributed by atoms with Gasteiger partial charge in [0.2, 0.25) is 0 Å². The van der Waals surface area contributed by atoms with Crippen LogP contribution in [0, 0.1) is 11.3 Å². The number of rotatable bonds is 9. The molecule has 2 aromatic carbocycles. The summed E-state index contributed by atoms with van der Waals surface area (Å²) in [5.41, 5.74) is 3.60. The molecule has 1 aliphatic rings. The lowest BCUT2D eigenvalue weighted by Crippen LogP contribution is -2.38. The molecule has 3 atom stereocenters. The summed E-state index contributed by atoms with van der Waals surface area (Å²) in [5, 5.41) is 7.32. The Balaban J connectivity index is 0.00000101. The maximum absolute atomic E-state index is 13.5. The topological polar surface area (TPSA) is 27.0 Å². The van der Waals surface area contributed by atoms with Crippen molar-refractivity contribution in [2.24, 2.45) is 0 Å². The van der Waals surface area contributed by atoms with Crippen LogP contribution >= 0.6 is 0 Å². The molecule has 0 aromatic heterocycles. The molecule has 0 radical (unpaired) electrons. The minimum absolute atomic E-state index is 0.247. The summed E-state index contributed by atoms with van der Waals surface area (Å²) >= 11 is 0. The van der Waals surface area contributed by atoms with E-state index < -0.39 is 12.3 Å². The highest BCUT2D eigenvalue weighted by molar-refractivity contribution is 5.29. The molecule has 4 heteroatoms. The fourth-order valence-corrected chi connectivity index (χ4v) is 3.84. The minimum atomic E-state index is -1.32. The largest absolute Gasteiger partial charge is 0.301 e. The van der Waals surface area contributed by atoms with Crippen molar-refractivity contribution in [2.45, 2.75) is 70.8 Å². The van der Waals surface area contributed by atoms with Crippen LogP contribution in [0.2, 0.25) is 0 Å². The van der Waals surface area contributed by atoms with Crippen LogP contribution in [-0.2, 0) is 12.8 Å². The smallest absolute Gasteiger partial charge is 0.138 e. The fraction of sp³-hybridized carbons (Fsp3) is 0.500. The first kappa shape index (κ1) is 24.0. The van der Waals surface area contributed by atoms with Crippen molar-refractivity contribution in [1.29, 1.82) is 5.26 Å². The molecule has 0 saturated heterocycles. The Hall–Kier alpha value is -2.25. The molecule has 0 aliphatic heterocycles. The number of alkyl halides is 2. The Morgan fingerprint density at radius 1 is 0.967 bits per heavy atom. The van der Waals surface area contributed by atoms with E-state index in [-0.39, 0.29) is 5.92 Å². The monoisotopic (exact) mass is 412 g/mol. The predicted octanol–water partition coefficient (Wildman–Crippen LogP) is 6.27. The van der Waals surface area contributed by atoms with Crippen LogP contribution in [0.15, 0.2) is 54.6 Å². The van der Waals surface area contributed by atoms with Crippen LogP contribution in [0.3, 0.4) is 0 Å². The molecule has 1 fully saturated rings. The van der Waals surface area contributed by atoms with Crippen LogP contribution in [0.4, 0.5) is 8.78 Å². The molecule has 30 heavy (non-hydrogen) atoms. The van der Waals surface area contributed by atoms with Gasteiger partial charge in [0.15, 0.2) is 0 Å². The van der Waals surface area contributed by atoms with Crippen LogP contribution < -0.4 is 0 Å². The molecule has 2 aromatic rings. The Bertz CT molecular complexity index is 768. The molecular formula is C26H34F2N2. The van der Waals surface area contributed by atoms with Gasteiger partial charge in [0.05, 0.1) is 6.07 Å². The predicted molar refractivity (Wildman–Crippen MR) is 120 cm³/mol. The average Bonchev–Trinajstić information content (AvgIpc) is 2.75. The summed E-state index contributed by atoms with van der Waals surface area (Å²) in [6.45, 7) is 8.09. The van der Waals surface area contributed by atoms with Gasteiger partial charge >= 0.3 is 0 Å². The van der Waals surface area contributed by atoms with E-state index in [1.807, 2.05) is 12.1 Å². The second kappa shape index (κ2) is 12.4. The molecular weight excluding hydrogens is 378 g/mol. The first-order chi connectivity index (χ1) is 14.5. The average molecular weight is 413 g/mol. The van der Waals surface area contributed by atoms with Gasteiger partial charge in [-0.1, -0.05) is 54.6 Å². The van der Waals surface area contributed by atoms with Crippen molar-refractivity contribution < 1.29 is 8.78 Å². The van der Waals surface area contributed by atoms with E-state index in [4.69, 9.17) is 5.26 Å². The Morgan fingerprint density at radius 3 is 2.10 bits per heavy atom. The van der Waals surface area contributed by atoms with Gasteiger partial charge in [-0.15, -0.1) is 0 Å². The number of halogens is 2. The van der Waals surface area contributed by atoms with Gasteiger partial charge < -0.3 is 4.90 Å². The highest BCUT2D eigenvalue weighted by Crippen LogP contribution is 2.41. The number of aryl methyl sites for hydroxylation is 1. The van der Waals surface area contributed by atoms with Gasteiger partial charge in [-0.2, -0.15) is 5.26 Å². The van der Waals surface area contributed by atoms with Gasteiger partial charge in [0.1, 0.15) is 12.3 Å². The lowest BCUT2D eigenvalue weighted by molar-refractivity contribution is 0.0428. The van der Waals surface area contributed by atoms with Gasteiger partial charge in [-0.3, -0.25) is 0 Å². The molecule has 3 unspecified atom stereocenters. The lowest BCUT2D eigenvalue weighted by Gasteiger charge is -2.34. The molecule has 0 bridgehead atoms. The summed E-state index contributed by atoms with van der Waals surface area (Å²) < 4.78 is 26.6.